The Morgan fingerprint density at radius 3 is 2.89 bits per heavy atom. The first-order valence-electron chi connectivity index (χ1n) is 5.81. The van der Waals surface area contributed by atoms with Crippen LogP contribution in [-0.4, -0.2) is 19.7 Å². The topological polar surface area (TPSA) is 50.4 Å². The third kappa shape index (κ3) is 1.93. The molecule has 0 amide bonds. The lowest BCUT2D eigenvalue weighted by molar-refractivity contribution is 0.469. The molecule has 3 rings (SSSR count). The van der Waals surface area contributed by atoms with Crippen LogP contribution < -0.4 is 0 Å². The summed E-state index contributed by atoms with van der Waals surface area (Å²) in [4.78, 5) is 4.45. The van der Waals surface area contributed by atoms with Crippen LogP contribution in [0.25, 0.3) is 5.65 Å². The van der Waals surface area contributed by atoms with Crippen molar-refractivity contribution < 1.29 is 5.11 Å². The average Bonchev–Trinajstić information content (AvgIpc) is 2.73. The second kappa shape index (κ2) is 4.14. The molecule has 0 bridgehead atoms. The molecule has 3 aromatic rings. The highest BCUT2D eigenvalue weighted by Gasteiger charge is 2.07. The zero-order valence-electron chi connectivity index (χ0n) is 10.0. The molecule has 0 fully saturated rings. The van der Waals surface area contributed by atoms with Crippen molar-refractivity contribution in [2.75, 3.05) is 0 Å². The van der Waals surface area contributed by atoms with Crippen LogP contribution in [0.3, 0.4) is 0 Å². The predicted molar refractivity (Wildman–Crippen MR) is 68.6 cm³/mol. The number of hydrogen-bond donors (Lipinski definition) is 1. The lowest BCUT2D eigenvalue weighted by Crippen LogP contribution is -1.92. The fraction of sp³-hybridized carbons (Fsp3) is 0.143. The summed E-state index contributed by atoms with van der Waals surface area (Å²) < 4.78 is 1.75. The predicted octanol–water partition coefficient (Wildman–Crippen LogP) is 2.33. The molecule has 4 nitrogen and oxygen atoms in total. The van der Waals surface area contributed by atoms with Crippen LogP contribution >= 0.6 is 0 Å². The minimum atomic E-state index is 0.285. The summed E-state index contributed by atoms with van der Waals surface area (Å²) in [6.45, 7) is 2.03. The number of pyridine rings is 1. The van der Waals surface area contributed by atoms with Crippen LogP contribution in [0.4, 0.5) is 0 Å². The summed E-state index contributed by atoms with van der Waals surface area (Å²) in [5, 5.41) is 14.1. The van der Waals surface area contributed by atoms with Crippen LogP contribution in [0, 0.1) is 6.92 Å². The number of nitrogens with zero attached hydrogens (tertiary/aromatic N) is 3. The molecule has 0 spiro atoms. The van der Waals surface area contributed by atoms with Crippen molar-refractivity contribution in [2.24, 2.45) is 0 Å². The van der Waals surface area contributed by atoms with Crippen molar-refractivity contribution >= 4 is 5.65 Å². The first-order chi connectivity index (χ1) is 8.72. The number of aromatic hydroxyl groups is 1. The van der Waals surface area contributed by atoms with Crippen molar-refractivity contribution in [2.45, 2.75) is 13.3 Å². The third-order valence-corrected chi connectivity index (χ3v) is 2.88. The van der Waals surface area contributed by atoms with E-state index in [0.29, 0.717) is 12.2 Å². The fourth-order valence-corrected chi connectivity index (χ4v) is 1.93. The first kappa shape index (κ1) is 10.8. The van der Waals surface area contributed by atoms with Gasteiger partial charge in [-0.3, -0.25) is 0 Å². The Balaban J connectivity index is 1.98. The molecule has 90 valence electrons. The Morgan fingerprint density at radius 2 is 2.06 bits per heavy atom. The minimum absolute atomic E-state index is 0.285. The van der Waals surface area contributed by atoms with E-state index in [0.717, 1.165) is 16.8 Å². The number of benzene rings is 1. The highest BCUT2D eigenvalue weighted by molar-refractivity contribution is 5.41. The van der Waals surface area contributed by atoms with Gasteiger partial charge in [0.2, 0.25) is 0 Å². The summed E-state index contributed by atoms with van der Waals surface area (Å²) in [7, 11) is 0. The molecule has 2 heterocycles. The highest BCUT2D eigenvalue weighted by Crippen LogP contribution is 2.18. The normalized spacial score (nSPS) is 10.9. The largest absolute Gasteiger partial charge is 0.508 e. The maximum absolute atomic E-state index is 9.73. The lowest BCUT2D eigenvalue weighted by atomic mass is 10.1. The van der Waals surface area contributed by atoms with Gasteiger partial charge in [0.15, 0.2) is 11.5 Å². The molecule has 0 aliphatic carbocycles. The zero-order chi connectivity index (χ0) is 12.5. The molecule has 1 N–H and O–H groups in total. The maximum Gasteiger partial charge on any atom is 0.156 e. The Bertz CT molecular complexity index is 703. The summed E-state index contributed by atoms with van der Waals surface area (Å²) in [5.41, 5.74) is 2.83. The van der Waals surface area contributed by atoms with Crippen LogP contribution in [0.5, 0.6) is 5.75 Å². The molecule has 4 heteroatoms. The second-order valence-corrected chi connectivity index (χ2v) is 4.34. The third-order valence-electron chi connectivity index (χ3n) is 2.88. The minimum Gasteiger partial charge on any atom is -0.508 e. The second-order valence-electron chi connectivity index (χ2n) is 4.34. The maximum atomic E-state index is 9.73. The summed E-state index contributed by atoms with van der Waals surface area (Å²) >= 11 is 0. The summed E-state index contributed by atoms with van der Waals surface area (Å²) in [5.74, 6) is 0.995. The van der Waals surface area contributed by atoms with Gasteiger partial charge in [0.1, 0.15) is 5.75 Å². The number of aryl methyl sites for hydroxylation is 1. The van der Waals surface area contributed by atoms with Crippen molar-refractivity contribution in [3.63, 3.8) is 0 Å². The standard InChI is InChI=1S/C14H13N3O/c1-10-6-7-17-14(8-10)15-13(16-17)9-11-4-2-3-5-12(11)18/h2-8,18H,9H2,1H3. The van der Waals surface area contributed by atoms with Crippen LogP contribution in [0.2, 0.25) is 0 Å². The quantitative estimate of drug-likeness (QED) is 0.746. The molecule has 0 saturated heterocycles. The molecular formula is C14H13N3O. The first-order valence-corrected chi connectivity index (χ1v) is 5.81. The van der Waals surface area contributed by atoms with E-state index >= 15 is 0 Å². The molecule has 18 heavy (non-hydrogen) atoms. The van der Waals surface area contributed by atoms with E-state index in [1.807, 2.05) is 37.4 Å². The van der Waals surface area contributed by atoms with Gasteiger partial charge in [-0.05, 0) is 30.7 Å². The Kier molecular flexibility index (Phi) is 2.48. The van der Waals surface area contributed by atoms with Crippen LogP contribution in [-0.2, 0) is 6.42 Å². The van der Waals surface area contributed by atoms with E-state index in [4.69, 9.17) is 0 Å². The van der Waals surface area contributed by atoms with E-state index in [9.17, 15) is 5.11 Å². The van der Waals surface area contributed by atoms with Gasteiger partial charge in [-0.2, -0.15) is 5.10 Å². The monoisotopic (exact) mass is 239 g/mol. The van der Waals surface area contributed by atoms with E-state index < -0.39 is 0 Å². The average molecular weight is 239 g/mol. The molecule has 1 aromatic carbocycles. The molecule has 0 unspecified atom stereocenters. The van der Waals surface area contributed by atoms with Gasteiger partial charge < -0.3 is 5.11 Å². The molecule has 0 aliphatic rings. The zero-order valence-corrected chi connectivity index (χ0v) is 10.0. The highest BCUT2D eigenvalue weighted by atomic mass is 16.3. The number of rotatable bonds is 2. The molecule has 0 saturated carbocycles. The van der Waals surface area contributed by atoms with E-state index in [2.05, 4.69) is 10.1 Å². The van der Waals surface area contributed by atoms with Crippen LogP contribution in [0.1, 0.15) is 17.0 Å². The molecule has 0 aliphatic heterocycles. The molecule has 0 atom stereocenters. The Labute approximate surface area is 105 Å². The van der Waals surface area contributed by atoms with Gasteiger partial charge in [-0.1, -0.05) is 18.2 Å². The van der Waals surface area contributed by atoms with Crippen molar-refractivity contribution in [3.8, 4) is 5.75 Å². The van der Waals surface area contributed by atoms with Gasteiger partial charge in [-0.25, -0.2) is 9.50 Å². The van der Waals surface area contributed by atoms with Gasteiger partial charge in [-0.15, -0.1) is 0 Å². The number of fused-ring (bicyclic) bond motifs is 1. The van der Waals surface area contributed by atoms with Crippen molar-refractivity contribution in [1.82, 2.24) is 14.6 Å². The van der Waals surface area contributed by atoms with Gasteiger partial charge in [0.25, 0.3) is 0 Å². The SMILES string of the molecule is Cc1ccn2nc(Cc3ccccc3O)nc2c1. The molecular weight excluding hydrogens is 226 g/mol. The van der Waals surface area contributed by atoms with E-state index in [1.54, 1.807) is 16.6 Å². The number of phenols is 1. The number of hydrogen-bond acceptors (Lipinski definition) is 3. The number of phenolic OH excluding ortho intramolecular Hbond substituents is 1. The van der Waals surface area contributed by atoms with Gasteiger partial charge in [0, 0.05) is 18.2 Å². The van der Waals surface area contributed by atoms with Gasteiger partial charge in [0.05, 0.1) is 0 Å². The smallest absolute Gasteiger partial charge is 0.156 e. The van der Waals surface area contributed by atoms with E-state index in [-0.39, 0.29) is 5.75 Å². The number of para-hydroxylation sites is 1. The fourth-order valence-electron chi connectivity index (χ4n) is 1.93. The summed E-state index contributed by atoms with van der Waals surface area (Å²) in [6.07, 6.45) is 2.43. The van der Waals surface area contributed by atoms with E-state index in [1.165, 1.54) is 0 Å². The van der Waals surface area contributed by atoms with Gasteiger partial charge >= 0.3 is 0 Å². The summed E-state index contributed by atoms with van der Waals surface area (Å²) in [6, 6.07) is 11.2. The molecule has 0 radical (unpaired) electrons. The Morgan fingerprint density at radius 1 is 1.22 bits per heavy atom. The van der Waals surface area contributed by atoms with Crippen LogP contribution in [0.15, 0.2) is 42.6 Å². The molecule has 2 aromatic heterocycles. The van der Waals surface area contributed by atoms with Crippen molar-refractivity contribution in [1.29, 1.82) is 0 Å². The van der Waals surface area contributed by atoms with Crippen molar-refractivity contribution in [3.05, 3.63) is 59.5 Å². The lowest BCUT2D eigenvalue weighted by Gasteiger charge is -1.99. The Hall–Kier alpha value is -2.36. The number of aromatic nitrogens is 3.